The molecule has 1 fully saturated rings. The number of amides is 1. The summed E-state index contributed by atoms with van der Waals surface area (Å²) in [6.45, 7) is 2.38. The Morgan fingerprint density at radius 3 is 2.63 bits per heavy atom. The number of morpholine rings is 1. The molecule has 3 rings (SSSR count). The van der Waals surface area contributed by atoms with Crippen LogP contribution in [0.1, 0.15) is 10.5 Å². The van der Waals surface area contributed by atoms with E-state index in [0.717, 1.165) is 5.69 Å². The average molecular weight is 258 g/mol. The zero-order valence-corrected chi connectivity index (χ0v) is 10.4. The maximum absolute atomic E-state index is 12.2. The number of nitrogens with zero attached hydrogens (tertiary/aromatic N) is 4. The van der Waals surface area contributed by atoms with Gasteiger partial charge in [-0.15, -0.1) is 5.10 Å². The molecule has 0 saturated carbocycles. The van der Waals surface area contributed by atoms with E-state index in [2.05, 4.69) is 10.2 Å². The van der Waals surface area contributed by atoms with Crippen molar-refractivity contribution in [2.75, 3.05) is 26.3 Å². The fraction of sp³-hybridized carbons (Fsp3) is 0.308. The molecule has 1 aromatic carbocycles. The van der Waals surface area contributed by atoms with Crippen LogP contribution in [0.4, 0.5) is 0 Å². The number of hydrogen-bond acceptors (Lipinski definition) is 4. The van der Waals surface area contributed by atoms with Gasteiger partial charge in [-0.05, 0) is 12.1 Å². The maximum Gasteiger partial charge on any atom is 0.276 e. The zero-order valence-electron chi connectivity index (χ0n) is 10.4. The summed E-state index contributed by atoms with van der Waals surface area (Å²) in [5.41, 5.74) is 1.20. The van der Waals surface area contributed by atoms with Gasteiger partial charge in [-0.3, -0.25) is 4.79 Å². The largest absolute Gasteiger partial charge is 0.378 e. The molecule has 0 unspecified atom stereocenters. The van der Waals surface area contributed by atoms with E-state index in [1.54, 1.807) is 4.90 Å². The molecule has 98 valence electrons. The highest BCUT2D eigenvalue weighted by atomic mass is 16.5. The molecule has 0 bridgehead atoms. The first-order valence-electron chi connectivity index (χ1n) is 6.19. The number of aromatic nitrogens is 3. The molecule has 1 aliphatic rings. The third-order valence-electron chi connectivity index (χ3n) is 3.00. The second-order valence-corrected chi connectivity index (χ2v) is 4.26. The molecular weight excluding hydrogens is 244 g/mol. The second kappa shape index (κ2) is 5.19. The van der Waals surface area contributed by atoms with Crippen LogP contribution >= 0.6 is 0 Å². The average Bonchev–Trinajstić information content (AvgIpc) is 2.98. The lowest BCUT2D eigenvalue weighted by molar-refractivity contribution is 0.0298. The molecule has 19 heavy (non-hydrogen) atoms. The zero-order chi connectivity index (χ0) is 13.1. The van der Waals surface area contributed by atoms with Gasteiger partial charge in [-0.1, -0.05) is 18.2 Å². The third-order valence-corrected chi connectivity index (χ3v) is 3.00. The highest BCUT2D eigenvalue weighted by molar-refractivity contribution is 5.92. The Balaban J connectivity index is 1.79. The molecule has 1 aliphatic heterocycles. The summed E-state index contributed by atoms with van der Waals surface area (Å²) in [7, 11) is 0. The molecule has 2 aromatic rings. The van der Waals surface area contributed by atoms with Crippen LogP contribution in [0.5, 0.6) is 0 Å². The second-order valence-electron chi connectivity index (χ2n) is 4.26. The van der Waals surface area contributed by atoms with Gasteiger partial charge in [0.1, 0.15) is 0 Å². The van der Waals surface area contributed by atoms with Crippen molar-refractivity contribution >= 4 is 5.91 Å². The van der Waals surface area contributed by atoms with Crippen LogP contribution in [-0.4, -0.2) is 52.1 Å². The van der Waals surface area contributed by atoms with Crippen LogP contribution in [0, 0.1) is 0 Å². The van der Waals surface area contributed by atoms with E-state index < -0.39 is 0 Å². The predicted molar refractivity (Wildman–Crippen MR) is 68.1 cm³/mol. The molecule has 0 spiro atoms. The standard InChI is InChI=1S/C13H14N4O2/c18-13(16-6-8-19-9-7-16)12-10-14-17(15-12)11-4-2-1-3-5-11/h1-5,10H,6-9H2. The van der Waals surface area contributed by atoms with E-state index in [0.29, 0.717) is 32.0 Å². The van der Waals surface area contributed by atoms with E-state index >= 15 is 0 Å². The van der Waals surface area contributed by atoms with Gasteiger partial charge in [0.25, 0.3) is 5.91 Å². The summed E-state index contributed by atoms with van der Waals surface area (Å²) in [5.74, 6) is -0.0921. The van der Waals surface area contributed by atoms with Gasteiger partial charge < -0.3 is 9.64 Å². The molecule has 6 heteroatoms. The molecule has 0 radical (unpaired) electrons. The first kappa shape index (κ1) is 11.9. The van der Waals surface area contributed by atoms with Crippen molar-refractivity contribution in [1.82, 2.24) is 19.9 Å². The highest BCUT2D eigenvalue weighted by Crippen LogP contribution is 2.07. The van der Waals surface area contributed by atoms with E-state index in [1.807, 2.05) is 30.3 Å². The van der Waals surface area contributed by atoms with Gasteiger partial charge >= 0.3 is 0 Å². The Morgan fingerprint density at radius 2 is 1.89 bits per heavy atom. The number of hydrogen-bond donors (Lipinski definition) is 0. The third kappa shape index (κ3) is 2.48. The van der Waals surface area contributed by atoms with Crippen LogP contribution in [0.2, 0.25) is 0 Å². The Bertz CT molecular complexity index is 561. The van der Waals surface area contributed by atoms with Gasteiger partial charge in [-0.2, -0.15) is 9.90 Å². The molecule has 2 heterocycles. The Kier molecular flexibility index (Phi) is 3.24. The quantitative estimate of drug-likeness (QED) is 0.797. The molecule has 1 amide bonds. The molecule has 0 N–H and O–H groups in total. The fourth-order valence-corrected chi connectivity index (χ4v) is 1.98. The van der Waals surface area contributed by atoms with Crippen LogP contribution in [0.3, 0.4) is 0 Å². The molecule has 6 nitrogen and oxygen atoms in total. The van der Waals surface area contributed by atoms with Gasteiger partial charge in [0.05, 0.1) is 25.1 Å². The van der Waals surface area contributed by atoms with Crippen LogP contribution in [-0.2, 0) is 4.74 Å². The topological polar surface area (TPSA) is 60.2 Å². The Hall–Kier alpha value is -2.21. The summed E-state index contributed by atoms with van der Waals surface area (Å²) >= 11 is 0. The minimum Gasteiger partial charge on any atom is -0.378 e. The smallest absolute Gasteiger partial charge is 0.276 e. The van der Waals surface area contributed by atoms with E-state index in [4.69, 9.17) is 4.74 Å². The SMILES string of the molecule is O=C(c1cnn(-c2ccccc2)n1)N1CCOCC1. The molecular formula is C13H14N4O2. The summed E-state index contributed by atoms with van der Waals surface area (Å²) < 4.78 is 5.23. The number of para-hydroxylation sites is 1. The van der Waals surface area contributed by atoms with Gasteiger partial charge in [0, 0.05) is 13.1 Å². The van der Waals surface area contributed by atoms with Crippen molar-refractivity contribution in [3.8, 4) is 5.69 Å². The summed E-state index contributed by atoms with van der Waals surface area (Å²) in [4.78, 5) is 15.4. The number of ether oxygens (including phenoxy) is 1. The first-order valence-corrected chi connectivity index (χ1v) is 6.19. The minimum atomic E-state index is -0.0921. The van der Waals surface area contributed by atoms with E-state index in [1.165, 1.54) is 11.0 Å². The molecule has 1 saturated heterocycles. The van der Waals surface area contributed by atoms with Crippen molar-refractivity contribution in [2.45, 2.75) is 0 Å². The van der Waals surface area contributed by atoms with Crippen molar-refractivity contribution in [3.05, 3.63) is 42.2 Å². The van der Waals surface area contributed by atoms with E-state index in [-0.39, 0.29) is 5.91 Å². The Morgan fingerprint density at radius 1 is 1.16 bits per heavy atom. The van der Waals surface area contributed by atoms with Crippen LogP contribution in [0.15, 0.2) is 36.5 Å². The molecule has 0 atom stereocenters. The van der Waals surface area contributed by atoms with Crippen molar-refractivity contribution in [2.24, 2.45) is 0 Å². The van der Waals surface area contributed by atoms with Crippen LogP contribution in [0.25, 0.3) is 5.69 Å². The van der Waals surface area contributed by atoms with Gasteiger partial charge in [0.2, 0.25) is 0 Å². The number of carbonyl (C=O) groups excluding carboxylic acids is 1. The lowest BCUT2D eigenvalue weighted by Crippen LogP contribution is -2.40. The monoisotopic (exact) mass is 258 g/mol. The fourth-order valence-electron chi connectivity index (χ4n) is 1.98. The lowest BCUT2D eigenvalue weighted by atomic mass is 10.3. The minimum absolute atomic E-state index is 0.0921. The number of carbonyl (C=O) groups is 1. The van der Waals surface area contributed by atoms with Crippen LogP contribution < -0.4 is 0 Å². The maximum atomic E-state index is 12.2. The molecule has 1 aromatic heterocycles. The highest BCUT2D eigenvalue weighted by Gasteiger charge is 2.21. The Labute approximate surface area is 110 Å². The first-order chi connectivity index (χ1) is 9.34. The summed E-state index contributed by atoms with van der Waals surface area (Å²) in [6.07, 6.45) is 1.50. The molecule has 0 aliphatic carbocycles. The van der Waals surface area contributed by atoms with Gasteiger partial charge in [0.15, 0.2) is 5.69 Å². The summed E-state index contributed by atoms with van der Waals surface area (Å²) in [5, 5.41) is 8.36. The van der Waals surface area contributed by atoms with Crippen molar-refractivity contribution in [3.63, 3.8) is 0 Å². The lowest BCUT2D eigenvalue weighted by Gasteiger charge is -2.25. The van der Waals surface area contributed by atoms with Crippen molar-refractivity contribution < 1.29 is 9.53 Å². The number of rotatable bonds is 2. The number of benzene rings is 1. The van der Waals surface area contributed by atoms with Gasteiger partial charge in [-0.25, -0.2) is 0 Å². The summed E-state index contributed by atoms with van der Waals surface area (Å²) in [6, 6.07) is 9.52. The normalized spacial score (nSPS) is 15.5. The van der Waals surface area contributed by atoms with E-state index in [9.17, 15) is 4.79 Å². The predicted octanol–water partition coefficient (Wildman–Crippen LogP) is 0.740. The van der Waals surface area contributed by atoms with Crippen molar-refractivity contribution in [1.29, 1.82) is 0 Å².